The molecule has 2 aliphatic rings. The Labute approximate surface area is 204 Å². The summed E-state index contributed by atoms with van der Waals surface area (Å²) in [6.07, 6.45) is -0.545. The van der Waals surface area contributed by atoms with Crippen molar-refractivity contribution in [2.24, 2.45) is 0 Å². The molecule has 2 N–H and O–H groups in total. The van der Waals surface area contributed by atoms with E-state index in [1.54, 1.807) is 13.8 Å². The maximum Gasteiger partial charge on any atom is 0.407 e. The molecule has 35 heavy (non-hydrogen) atoms. The second kappa shape index (κ2) is 10.2. The zero-order valence-corrected chi connectivity index (χ0v) is 19.7. The van der Waals surface area contributed by atoms with Gasteiger partial charge in [0, 0.05) is 12.3 Å². The topological polar surface area (TPSA) is 105 Å². The van der Waals surface area contributed by atoms with E-state index in [1.807, 2.05) is 36.4 Å². The minimum absolute atomic E-state index is 0.0831. The molecule has 0 bridgehead atoms. The highest BCUT2D eigenvalue weighted by atomic mass is 16.5. The molecule has 1 unspecified atom stereocenters. The number of carboxylic acid groups (broad SMARTS) is 1. The van der Waals surface area contributed by atoms with Crippen LogP contribution < -0.4 is 5.32 Å². The summed E-state index contributed by atoms with van der Waals surface area (Å²) in [4.78, 5) is 38.0. The molecule has 0 radical (unpaired) electrons. The number of benzene rings is 2. The number of alkyl carbamates (subject to hydrolysis) is 1. The lowest BCUT2D eigenvalue weighted by Gasteiger charge is -2.48. The van der Waals surface area contributed by atoms with Crippen molar-refractivity contribution >= 4 is 18.0 Å². The number of nitrogens with one attached hydrogen (secondary N) is 1. The van der Waals surface area contributed by atoms with E-state index in [1.165, 1.54) is 4.90 Å². The van der Waals surface area contributed by atoms with E-state index in [9.17, 15) is 14.4 Å². The van der Waals surface area contributed by atoms with Crippen LogP contribution in [0.1, 0.15) is 37.3 Å². The molecule has 182 valence electrons. The number of rotatable bonds is 8. The summed E-state index contributed by atoms with van der Waals surface area (Å²) in [5.74, 6) is 4.13. The van der Waals surface area contributed by atoms with Gasteiger partial charge in [0.05, 0.1) is 13.1 Å². The van der Waals surface area contributed by atoms with E-state index < -0.39 is 30.3 Å². The molecule has 4 rings (SSSR count). The smallest absolute Gasteiger partial charge is 0.407 e. The summed E-state index contributed by atoms with van der Waals surface area (Å²) < 4.78 is 10.9. The first-order valence-corrected chi connectivity index (χ1v) is 11.5. The number of carbonyl (C=O) groups is 3. The van der Waals surface area contributed by atoms with Crippen LogP contribution in [0.25, 0.3) is 11.1 Å². The molecule has 2 amide bonds. The number of likely N-dealkylation sites (tertiary alicyclic amines) is 1. The van der Waals surface area contributed by atoms with Gasteiger partial charge in [-0.25, -0.2) is 9.59 Å². The van der Waals surface area contributed by atoms with Gasteiger partial charge in [-0.3, -0.25) is 4.79 Å². The average Bonchev–Trinajstić information content (AvgIpc) is 3.15. The van der Waals surface area contributed by atoms with Crippen LogP contribution in [0.5, 0.6) is 0 Å². The van der Waals surface area contributed by atoms with Gasteiger partial charge in [-0.2, -0.15) is 0 Å². The number of aliphatic carboxylic acids is 1. The molecular formula is C27H28N2O6. The van der Waals surface area contributed by atoms with Crippen molar-refractivity contribution in [3.63, 3.8) is 0 Å². The summed E-state index contributed by atoms with van der Waals surface area (Å²) in [6.45, 7) is 3.60. The largest absolute Gasteiger partial charge is 0.480 e. The molecule has 1 saturated heterocycles. The number of ether oxygens (including phenoxy) is 2. The lowest BCUT2D eigenvalue weighted by molar-refractivity contribution is -0.174. The Kier molecular flexibility index (Phi) is 7.08. The molecule has 1 aliphatic carbocycles. The molecule has 0 spiro atoms. The third-order valence-electron chi connectivity index (χ3n) is 6.32. The van der Waals surface area contributed by atoms with Gasteiger partial charge in [-0.15, -0.1) is 11.8 Å². The Morgan fingerprint density at radius 1 is 1.11 bits per heavy atom. The zero-order valence-electron chi connectivity index (χ0n) is 19.7. The first kappa shape index (κ1) is 24.3. The van der Waals surface area contributed by atoms with Gasteiger partial charge in [0.2, 0.25) is 5.91 Å². The molecule has 8 heteroatoms. The summed E-state index contributed by atoms with van der Waals surface area (Å²) in [5.41, 5.74) is 3.75. The Morgan fingerprint density at radius 2 is 1.71 bits per heavy atom. The number of carbonyl (C=O) groups excluding carboxylic acids is 2. The summed E-state index contributed by atoms with van der Waals surface area (Å²) in [6, 6.07) is 15.3. The van der Waals surface area contributed by atoms with E-state index in [2.05, 4.69) is 29.3 Å². The second-order valence-corrected chi connectivity index (χ2v) is 8.98. The fourth-order valence-corrected chi connectivity index (χ4v) is 4.65. The van der Waals surface area contributed by atoms with Crippen LogP contribution in [0.4, 0.5) is 4.79 Å². The Balaban J connectivity index is 1.37. The van der Waals surface area contributed by atoms with Crippen LogP contribution in [-0.2, 0) is 19.1 Å². The molecule has 1 atom stereocenters. The van der Waals surface area contributed by atoms with Crippen molar-refractivity contribution in [1.82, 2.24) is 10.2 Å². The minimum Gasteiger partial charge on any atom is -0.480 e. The van der Waals surface area contributed by atoms with Crippen LogP contribution >= 0.6 is 0 Å². The first-order chi connectivity index (χ1) is 16.8. The van der Waals surface area contributed by atoms with Gasteiger partial charge in [-0.05, 0) is 36.1 Å². The van der Waals surface area contributed by atoms with Gasteiger partial charge in [0.15, 0.2) is 0 Å². The van der Waals surface area contributed by atoms with Crippen molar-refractivity contribution in [3.05, 3.63) is 59.7 Å². The SMILES string of the molecule is CC#CCC(NC(=O)OCC1c2ccccc2-c2ccccc21)C(=O)N1CC(C)(OCC(=O)O)C1. The van der Waals surface area contributed by atoms with Crippen molar-refractivity contribution < 1.29 is 29.0 Å². The Hall–Kier alpha value is -3.83. The quantitative estimate of drug-likeness (QED) is 0.568. The molecule has 2 aromatic carbocycles. The van der Waals surface area contributed by atoms with Gasteiger partial charge >= 0.3 is 12.1 Å². The number of amides is 2. The molecular weight excluding hydrogens is 448 g/mol. The van der Waals surface area contributed by atoms with Gasteiger partial charge in [0.1, 0.15) is 24.9 Å². The average molecular weight is 477 g/mol. The maximum atomic E-state index is 13.0. The monoisotopic (exact) mass is 476 g/mol. The summed E-state index contributed by atoms with van der Waals surface area (Å²) >= 11 is 0. The van der Waals surface area contributed by atoms with Crippen molar-refractivity contribution in [2.45, 2.75) is 37.8 Å². The van der Waals surface area contributed by atoms with Crippen molar-refractivity contribution in [2.75, 3.05) is 26.3 Å². The Bertz CT molecular complexity index is 1150. The van der Waals surface area contributed by atoms with Gasteiger partial charge in [0.25, 0.3) is 0 Å². The fourth-order valence-electron chi connectivity index (χ4n) is 4.65. The van der Waals surface area contributed by atoms with E-state index in [4.69, 9.17) is 14.6 Å². The van der Waals surface area contributed by atoms with E-state index in [-0.39, 0.29) is 37.9 Å². The van der Waals surface area contributed by atoms with Crippen LogP contribution in [0, 0.1) is 11.8 Å². The number of hydrogen-bond donors (Lipinski definition) is 2. The lowest BCUT2D eigenvalue weighted by Crippen LogP contribution is -2.66. The third-order valence-corrected chi connectivity index (χ3v) is 6.32. The summed E-state index contributed by atoms with van der Waals surface area (Å²) in [7, 11) is 0. The van der Waals surface area contributed by atoms with E-state index >= 15 is 0 Å². The van der Waals surface area contributed by atoms with Crippen molar-refractivity contribution in [3.8, 4) is 23.0 Å². The van der Waals surface area contributed by atoms with Crippen molar-refractivity contribution in [1.29, 1.82) is 0 Å². The molecule has 1 fully saturated rings. The molecule has 1 aliphatic heterocycles. The second-order valence-electron chi connectivity index (χ2n) is 8.98. The molecule has 2 aromatic rings. The highest BCUT2D eigenvalue weighted by Crippen LogP contribution is 2.44. The molecule has 1 heterocycles. The van der Waals surface area contributed by atoms with E-state index in [0.29, 0.717) is 0 Å². The van der Waals surface area contributed by atoms with Gasteiger partial charge < -0.3 is 24.8 Å². The molecule has 0 aromatic heterocycles. The highest BCUT2D eigenvalue weighted by Gasteiger charge is 2.44. The normalized spacial score (nSPS) is 16.1. The Morgan fingerprint density at radius 3 is 2.29 bits per heavy atom. The minimum atomic E-state index is -1.07. The lowest BCUT2D eigenvalue weighted by atomic mass is 9.95. The number of hydrogen-bond acceptors (Lipinski definition) is 5. The van der Waals surface area contributed by atoms with Gasteiger partial charge in [-0.1, -0.05) is 48.5 Å². The van der Waals surface area contributed by atoms with Crippen LogP contribution in [0.15, 0.2) is 48.5 Å². The predicted molar refractivity (Wildman–Crippen MR) is 129 cm³/mol. The predicted octanol–water partition coefficient (Wildman–Crippen LogP) is 3.01. The molecule has 8 nitrogen and oxygen atoms in total. The number of nitrogens with zero attached hydrogens (tertiary/aromatic N) is 1. The zero-order chi connectivity index (χ0) is 25.0. The number of carboxylic acids is 1. The third kappa shape index (κ3) is 5.31. The number of fused-ring (bicyclic) bond motifs is 3. The van der Waals surface area contributed by atoms with Crippen LogP contribution in [0.2, 0.25) is 0 Å². The highest BCUT2D eigenvalue weighted by molar-refractivity contribution is 5.87. The maximum absolute atomic E-state index is 13.0. The van der Waals surface area contributed by atoms with E-state index in [0.717, 1.165) is 22.3 Å². The molecule has 0 saturated carbocycles. The summed E-state index contributed by atoms with van der Waals surface area (Å²) in [5, 5.41) is 11.5. The van der Waals surface area contributed by atoms with Crippen LogP contribution in [-0.4, -0.2) is 65.9 Å². The van der Waals surface area contributed by atoms with Crippen LogP contribution in [0.3, 0.4) is 0 Å². The standard InChI is InChI=1S/C27H28N2O6/c1-3-4-13-23(25(32)29-16-27(2,17-29)35-15-24(30)31)28-26(33)34-14-22-20-11-7-5-9-18(20)19-10-6-8-12-21(19)22/h5-12,22-23H,13-17H2,1-2H3,(H,28,33)(H,30,31). The first-order valence-electron chi connectivity index (χ1n) is 11.5. The fraction of sp³-hybridized carbons (Fsp3) is 0.370.